The third-order valence-electron chi connectivity index (χ3n) is 3.75. The molecule has 0 aromatic heterocycles. The first-order chi connectivity index (χ1) is 9.31. The fourth-order valence-electron chi connectivity index (χ4n) is 2.60. The molecular formula is C15H21NO3S. The van der Waals surface area contributed by atoms with Crippen LogP contribution in [0.25, 0.3) is 0 Å². The van der Waals surface area contributed by atoms with Crippen LogP contribution in [0.5, 0.6) is 0 Å². The predicted molar refractivity (Wildman–Crippen MR) is 78.9 cm³/mol. The molecule has 110 valence electrons. The summed E-state index contributed by atoms with van der Waals surface area (Å²) in [6.07, 6.45) is 1.17. The van der Waals surface area contributed by atoms with E-state index in [-0.39, 0.29) is 11.8 Å². The smallest absolute Gasteiger partial charge is 0.241 e. The van der Waals surface area contributed by atoms with Gasteiger partial charge in [-0.25, -0.2) is 8.42 Å². The number of hydrogen-bond acceptors (Lipinski definition) is 3. The minimum absolute atomic E-state index is 0.279. The van der Waals surface area contributed by atoms with Crippen LogP contribution in [0.3, 0.4) is 0 Å². The van der Waals surface area contributed by atoms with Gasteiger partial charge in [0, 0.05) is 0 Å². The Morgan fingerprint density at radius 1 is 1.30 bits per heavy atom. The van der Waals surface area contributed by atoms with Crippen molar-refractivity contribution in [3.8, 4) is 0 Å². The van der Waals surface area contributed by atoms with Crippen LogP contribution >= 0.6 is 0 Å². The topological polar surface area (TPSA) is 63.2 Å². The zero-order chi connectivity index (χ0) is 14.9. The van der Waals surface area contributed by atoms with Crippen LogP contribution in [-0.4, -0.2) is 19.6 Å². The van der Waals surface area contributed by atoms with Crippen LogP contribution in [0, 0.1) is 5.92 Å². The Hall–Kier alpha value is -1.36. The van der Waals surface area contributed by atoms with E-state index in [4.69, 9.17) is 0 Å². The van der Waals surface area contributed by atoms with Crippen molar-refractivity contribution in [3.63, 3.8) is 0 Å². The Kier molecular flexibility index (Phi) is 4.18. The number of benzene rings is 1. The maximum Gasteiger partial charge on any atom is 0.241 e. The Balaban J connectivity index is 2.03. The summed E-state index contributed by atoms with van der Waals surface area (Å²) in [5, 5.41) is -0.554. The highest BCUT2D eigenvalue weighted by molar-refractivity contribution is 7.90. The molecule has 2 atom stereocenters. The SMILES string of the molecule is CC(C)C[C@H](C)S(=O)(=O)NC(=O)[C@@H]1Cc2ccccc21. The molecule has 20 heavy (non-hydrogen) atoms. The fraction of sp³-hybridized carbons (Fsp3) is 0.533. The number of fused-ring (bicyclic) bond motifs is 1. The van der Waals surface area contributed by atoms with Crippen LogP contribution in [0.15, 0.2) is 24.3 Å². The van der Waals surface area contributed by atoms with Crippen molar-refractivity contribution < 1.29 is 13.2 Å². The molecule has 0 bridgehead atoms. The largest absolute Gasteiger partial charge is 0.273 e. The first kappa shape index (κ1) is 15.0. The predicted octanol–water partition coefficient (Wildman–Crippen LogP) is 2.21. The average Bonchev–Trinajstić information content (AvgIpc) is 2.29. The summed E-state index contributed by atoms with van der Waals surface area (Å²) in [6, 6.07) is 7.64. The van der Waals surface area contributed by atoms with Gasteiger partial charge in [-0.2, -0.15) is 0 Å². The van der Waals surface area contributed by atoms with Crippen molar-refractivity contribution >= 4 is 15.9 Å². The highest BCUT2D eigenvalue weighted by Gasteiger charge is 2.35. The monoisotopic (exact) mass is 295 g/mol. The molecule has 1 aromatic carbocycles. The molecule has 2 rings (SSSR count). The number of sulfonamides is 1. The summed E-state index contributed by atoms with van der Waals surface area (Å²) in [7, 11) is -3.58. The van der Waals surface area contributed by atoms with Gasteiger partial charge >= 0.3 is 0 Å². The van der Waals surface area contributed by atoms with E-state index in [1.54, 1.807) is 6.92 Å². The maximum atomic E-state index is 12.1. The molecule has 0 spiro atoms. The lowest BCUT2D eigenvalue weighted by Gasteiger charge is -2.29. The van der Waals surface area contributed by atoms with Gasteiger partial charge in [-0.3, -0.25) is 9.52 Å². The Morgan fingerprint density at radius 3 is 2.55 bits per heavy atom. The second-order valence-electron chi connectivity index (χ2n) is 5.91. The summed E-state index contributed by atoms with van der Waals surface area (Å²) in [5.74, 6) is -0.451. The van der Waals surface area contributed by atoms with Crippen LogP contribution in [0.1, 0.15) is 44.2 Å². The minimum atomic E-state index is -3.58. The maximum absolute atomic E-state index is 12.1. The molecule has 1 aliphatic carbocycles. The molecule has 1 aliphatic rings. The molecule has 0 aliphatic heterocycles. The van der Waals surface area contributed by atoms with Gasteiger partial charge in [0.1, 0.15) is 0 Å². The average molecular weight is 295 g/mol. The quantitative estimate of drug-likeness (QED) is 0.906. The summed E-state index contributed by atoms with van der Waals surface area (Å²) in [6.45, 7) is 5.58. The minimum Gasteiger partial charge on any atom is -0.273 e. The van der Waals surface area contributed by atoms with E-state index in [1.165, 1.54) is 0 Å². The number of nitrogens with one attached hydrogen (secondary N) is 1. The van der Waals surface area contributed by atoms with Crippen molar-refractivity contribution in [1.82, 2.24) is 4.72 Å². The molecule has 0 radical (unpaired) electrons. The summed E-state index contributed by atoms with van der Waals surface area (Å²) in [5.41, 5.74) is 2.07. The van der Waals surface area contributed by atoms with E-state index in [1.807, 2.05) is 38.1 Å². The van der Waals surface area contributed by atoms with E-state index >= 15 is 0 Å². The number of carbonyl (C=O) groups excluding carboxylic acids is 1. The molecule has 1 aromatic rings. The van der Waals surface area contributed by atoms with Crippen LogP contribution in [0.2, 0.25) is 0 Å². The van der Waals surface area contributed by atoms with Crippen LogP contribution in [0.4, 0.5) is 0 Å². The highest BCUT2D eigenvalue weighted by Crippen LogP contribution is 2.35. The van der Waals surface area contributed by atoms with Crippen molar-refractivity contribution in [2.24, 2.45) is 5.92 Å². The fourth-order valence-corrected chi connectivity index (χ4v) is 3.86. The Labute approximate surface area is 120 Å². The molecule has 4 nitrogen and oxygen atoms in total. The van der Waals surface area contributed by atoms with Crippen LogP contribution < -0.4 is 4.72 Å². The van der Waals surface area contributed by atoms with Crippen molar-refractivity contribution in [3.05, 3.63) is 35.4 Å². The van der Waals surface area contributed by atoms with Gasteiger partial charge in [0.2, 0.25) is 15.9 Å². The van der Waals surface area contributed by atoms with Crippen molar-refractivity contribution in [1.29, 1.82) is 0 Å². The van der Waals surface area contributed by atoms with Crippen molar-refractivity contribution in [2.75, 3.05) is 0 Å². The number of rotatable bonds is 5. The van der Waals surface area contributed by atoms with Gasteiger partial charge in [-0.15, -0.1) is 0 Å². The summed E-state index contributed by atoms with van der Waals surface area (Å²) < 4.78 is 26.4. The van der Waals surface area contributed by atoms with E-state index < -0.39 is 21.2 Å². The number of hydrogen-bond donors (Lipinski definition) is 1. The second kappa shape index (κ2) is 5.56. The van der Waals surface area contributed by atoms with Gasteiger partial charge < -0.3 is 0 Å². The molecule has 5 heteroatoms. The van der Waals surface area contributed by atoms with Gasteiger partial charge in [0.15, 0.2) is 0 Å². The lowest BCUT2D eigenvalue weighted by atomic mass is 9.77. The third kappa shape index (κ3) is 3.03. The molecule has 1 N–H and O–H groups in total. The number of carbonyl (C=O) groups is 1. The second-order valence-corrected chi connectivity index (χ2v) is 8.01. The Bertz CT molecular complexity index is 607. The lowest BCUT2D eigenvalue weighted by molar-refractivity contribution is -0.121. The standard InChI is InChI=1S/C15H21NO3S/c1-10(2)8-11(3)20(18,19)16-15(17)14-9-12-6-4-5-7-13(12)14/h4-7,10-11,14H,8-9H2,1-3H3,(H,16,17)/t11-,14+/m0/s1. The summed E-state index contributed by atoms with van der Waals surface area (Å²) in [4.78, 5) is 12.1. The van der Waals surface area contributed by atoms with Crippen molar-refractivity contribution in [2.45, 2.75) is 44.8 Å². The molecule has 0 saturated heterocycles. The molecule has 0 heterocycles. The Morgan fingerprint density at radius 2 is 1.95 bits per heavy atom. The zero-order valence-corrected chi connectivity index (χ0v) is 12.9. The first-order valence-corrected chi connectivity index (χ1v) is 8.49. The number of amides is 1. The van der Waals surface area contributed by atoms with E-state index in [0.29, 0.717) is 12.8 Å². The van der Waals surface area contributed by atoms with Crippen LogP contribution in [-0.2, 0) is 21.2 Å². The van der Waals surface area contributed by atoms with E-state index in [2.05, 4.69) is 4.72 Å². The zero-order valence-electron chi connectivity index (χ0n) is 12.1. The normalized spacial score (nSPS) is 19.1. The van der Waals surface area contributed by atoms with Gasteiger partial charge in [-0.05, 0) is 36.8 Å². The van der Waals surface area contributed by atoms with Gasteiger partial charge in [-0.1, -0.05) is 38.1 Å². The molecular weight excluding hydrogens is 274 g/mol. The highest BCUT2D eigenvalue weighted by atomic mass is 32.2. The lowest BCUT2D eigenvalue weighted by Crippen LogP contribution is -2.42. The van der Waals surface area contributed by atoms with E-state index in [0.717, 1.165) is 11.1 Å². The first-order valence-electron chi connectivity index (χ1n) is 6.94. The van der Waals surface area contributed by atoms with E-state index in [9.17, 15) is 13.2 Å². The molecule has 0 saturated carbocycles. The molecule has 1 amide bonds. The summed E-state index contributed by atoms with van der Waals surface area (Å²) >= 11 is 0. The van der Waals surface area contributed by atoms with Gasteiger partial charge in [0.25, 0.3) is 0 Å². The molecule has 0 unspecified atom stereocenters. The molecule has 0 fully saturated rings. The third-order valence-corrected chi connectivity index (χ3v) is 5.48. The van der Waals surface area contributed by atoms with Gasteiger partial charge in [0.05, 0.1) is 11.2 Å².